The summed E-state index contributed by atoms with van der Waals surface area (Å²) in [5.74, 6) is -1.17. The second-order valence-electron chi connectivity index (χ2n) is 7.61. The van der Waals surface area contributed by atoms with Gasteiger partial charge in [0.15, 0.2) is 0 Å². The van der Waals surface area contributed by atoms with Gasteiger partial charge in [0.2, 0.25) is 5.91 Å². The van der Waals surface area contributed by atoms with Crippen LogP contribution in [0.15, 0.2) is 12.1 Å². The first-order valence-electron chi connectivity index (χ1n) is 8.91. The zero-order valence-corrected chi connectivity index (χ0v) is 15.6. The van der Waals surface area contributed by atoms with Gasteiger partial charge in [-0.25, -0.2) is 4.79 Å². The number of carbonyl (C=O) groups is 3. The molecule has 1 aromatic rings. The van der Waals surface area contributed by atoms with E-state index in [1.807, 2.05) is 6.07 Å². The average Bonchev–Trinajstić information content (AvgIpc) is 3.38. The maximum absolute atomic E-state index is 12.5. The van der Waals surface area contributed by atoms with Crippen molar-refractivity contribution in [2.24, 2.45) is 5.92 Å². The van der Waals surface area contributed by atoms with E-state index in [1.165, 1.54) is 7.11 Å². The number of ether oxygens (including phenoxy) is 1. The average molecular weight is 377 g/mol. The number of anilines is 1. The minimum atomic E-state index is -0.855. The zero-order chi connectivity index (χ0) is 18.6. The van der Waals surface area contributed by atoms with E-state index in [4.69, 9.17) is 11.6 Å². The molecule has 1 aromatic carbocycles. The Morgan fingerprint density at radius 3 is 2.69 bits per heavy atom. The molecule has 138 valence electrons. The molecule has 2 amide bonds. The molecule has 0 radical (unpaired) electrons. The van der Waals surface area contributed by atoms with E-state index >= 15 is 0 Å². The van der Waals surface area contributed by atoms with Gasteiger partial charge in [-0.3, -0.25) is 9.59 Å². The molecule has 26 heavy (non-hydrogen) atoms. The smallest absolute Gasteiger partial charge is 0.396 e. The topological polar surface area (TPSA) is 75.7 Å². The van der Waals surface area contributed by atoms with Crippen LogP contribution in [-0.2, 0) is 24.5 Å². The number of likely N-dealkylation sites (tertiary alicyclic amines) is 1. The fraction of sp³-hybridized carbons (Fsp3) is 0.526. The molecule has 7 heteroatoms. The number of rotatable bonds is 1. The van der Waals surface area contributed by atoms with Crippen molar-refractivity contribution in [2.75, 3.05) is 19.0 Å². The molecule has 0 aromatic heterocycles. The molecule has 6 nitrogen and oxygen atoms in total. The van der Waals surface area contributed by atoms with Crippen LogP contribution in [-0.4, -0.2) is 36.3 Å². The third-order valence-electron chi connectivity index (χ3n) is 5.87. The van der Waals surface area contributed by atoms with Crippen LogP contribution in [0.5, 0.6) is 0 Å². The highest BCUT2D eigenvalue weighted by molar-refractivity contribution is 6.35. The molecule has 1 saturated carbocycles. The van der Waals surface area contributed by atoms with Gasteiger partial charge < -0.3 is 15.0 Å². The number of nitrogens with one attached hydrogen (secondary N) is 1. The first-order chi connectivity index (χ1) is 12.4. The Morgan fingerprint density at radius 2 is 2.04 bits per heavy atom. The lowest BCUT2D eigenvalue weighted by molar-refractivity contribution is -0.160. The number of carbonyl (C=O) groups excluding carboxylic acids is 3. The van der Waals surface area contributed by atoms with Crippen molar-refractivity contribution in [1.82, 2.24) is 4.90 Å². The number of nitrogens with zero attached hydrogens (tertiary/aromatic N) is 1. The highest BCUT2D eigenvalue weighted by atomic mass is 35.5. The van der Waals surface area contributed by atoms with Gasteiger partial charge in [0.05, 0.1) is 29.3 Å². The Hall–Kier alpha value is -2.08. The van der Waals surface area contributed by atoms with Gasteiger partial charge in [-0.15, -0.1) is 0 Å². The van der Waals surface area contributed by atoms with Crippen molar-refractivity contribution in [2.45, 2.75) is 44.1 Å². The fourth-order valence-electron chi connectivity index (χ4n) is 4.23. The third-order valence-corrected chi connectivity index (χ3v) is 6.17. The maximum atomic E-state index is 12.5. The van der Waals surface area contributed by atoms with Crippen molar-refractivity contribution in [3.8, 4) is 0 Å². The largest absolute Gasteiger partial charge is 0.462 e. The first kappa shape index (κ1) is 17.3. The molecule has 2 atom stereocenters. The number of amides is 2. The van der Waals surface area contributed by atoms with E-state index < -0.39 is 17.3 Å². The van der Waals surface area contributed by atoms with Crippen LogP contribution in [0.4, 0.5) is 5.69 Å². The Morgan fingerprint density at radius 1 is 1.31 bits per heavy atom. The van der Waals surface area contributed by atoms with Crippen LogP contribution >= 0.6 is 11.6 Å². The van der Waals surface area contributed by atoms with Crippen LogP contribution < -0.4 is 5.32 Å². The highest BCUT2D eigenvalue weighted by Gasteiger charge is 2.57. The predicted octanol–water partition coefficient (Wildman–Crippen LogP) is 2.80. The Labute approximate surface area is 156 Å². The normalized spacial score (nSPS) is 25.7. The second kappa shape index (κ2) is 5.98. The summed E-state index contributed by atoms with van der Waals surface area (Å²) in [6.07, 6.45) is 3.33. The molecular formula is C19H21ClN2O4. The minimum Gasteiger partial charge on any atom is -0.462 e. The number of benzene rings is 1. The van der Waals surface area contributed by atoms with Gasteiger partial charge in [-0.1, -0.05) is 24.6 Å². The van der Waals surface area contributed by atoms with Crippen LogP contribution in [0.3, 0.4) is 0 Å². The molecule has 1 spiro atoms. The van der Waals surface area contributed by atoms with E-state index in [0.717, 1.165) is 36.8 Å². The summed E-state index contributed by atoms with van der Waals surface area (Å²) in [4.78, 5) is 38.2. The Bertz CT molecular complexity index is 818. The number of esters is 1. The predicted molar refractivity (Wildman–Crippen MR) is 95.9 cm³/mol. The van der Waals surface area contributed by atoms with Gasteiger partial charge in [0.25, 0.3) is 0 Å². The molecule has 4 rings (SSSR count). The standard InChI is InChI=1S/C19H21ClN2O4/c1-10-3-4-14(22(9-10)16(23)17(24)26-2)11-7-12-15(13(20)8-11)21-18(25)19(12)5-6-19/h7-8,10,14H,3-6,9H2,1-2H3,(H,21,25). The quantitative estimate of drug-likeness (QED) is 0.604. The van der Waals surface area contributed by atoms with Gasteiger partial charge >= 0.3 is 11.9 Å². The first-order valence-corrected chi connectivity index (χ1v) is 9.29. The molecule has 2 fully saturated rings. The molecule has 3 aliphatic rings. The van der Waals surface area contributed by atoms with E-state index in [-0.39, 0.29) is 11.9 Å². The number of fused-ring (bicyclic) bond motifs is 2. The van der Waals surface area contributed by atoms with Crippen molar-refractivity contribution in [3.05, 3.63) is 28.3 Å². The minimum absolute atomic E-state index is 0.00584. The number of hydrogen-bond acceptors (Lipinski definition) is 4. The molecule has 2 unspecified atom stereocenters. The molecule has 2 aliphatic heterocycles. The van der Waals surface area contributed by atoms with Crippen molar-refractivity contribution < 1.29 is 19.1 Å². The Kier molecular flexibility index (Phi) is 3.99. The highest BCUT2D eigenvalue weighted by Crippen LogP contribution is 2.57. The summed E-state index contributed by atoms with van der Waals surface area (Å²) in [6, 6.07) is 3.55. The lowest BCUT2D eigenvalue weighted by Crippen LogP contribution is -2.45. The van der Waals surface area contributed by atoms with Crippen molar-refractivity contribution >= 4 is 35.1 Å². The number of piperidine rings is 1. The Balaban J connectivity index is 1.73. The summed E-state index contributed by atoms with van der Waals surface area (Å²) in [5, 5.41) is 3.38. The van der Waals surface area contributed by atoms with Gasteiger partial charge in [0.1, 0.15) is 0 Å². The number of hydrogen-bond donors (Lipinski definition) is 1. The zero-order valence-electron chi connectivity index (χ0n) is 14.8. The van der Waals surface area contributed by atoms with Gasteiger partial charge in [-0.05, 0) is 48.8 Å². The van der Waals surface area contributed by atoms with E-state index in [9.17, 15) is 14.4 Å². The number of methoxy groups -OCH3 is 1. The molecule has 1 saturated heterocycles. The summed E-state index contributed by atoms with van der Waals surface area (Å²) in [6.45, 7) is 2.56. The summed E-state index contributed by atoms with van der Waals surface area (Å²) >= 11 is 6.45. The van der Waals surface area contributed by atoms with Gasteiger partial charge in [-0.2, -0.15) is 0 Å². The number of halogens is 1. The maximum Gasteiger partial charge on any atom is 0.396 e. The molecule has 2 heterocycles. The summed E-state index contributed by atoms with van der Waals surface area (Å²) < 4.78 is 4.63. The van der Waals surface area contributed by atoms with Crippen molar-refractivity contribution in [1.29, 1.82) is 0 Å². The van der Waals surface area contributed by atoms with E-state index in [0.29, 0.717) is 23.2 Å². The SMILES string of the molecule is COC(=O)C(=O)N1CC(C)CCC1c1cc(Cl)c2c(c1)C1(CC1)C(=O)N2. The van der Waals surface area contributed by atoms with E-state index in [2.05, 4.69) is 17.0 Å². The van der Waals surface area contributed by atoms with Crippen LogP contribution in [0.2, 0.25) is 5.02 Å². The van der Waals surface area contributed by atoms with Crippen LogP contribution in [0, 0.1) is 5.92 Å². The third kappa shape index (κ3) is 2.50. The van der Waals surface area contributed by atoms with Crippen LogP contribution in [0.1, 0.15) is 49.8 Å². The lowest BCUT2D eigenvalue weighted by atomic mass is 9.87. The summed E-state index contributed by atoms with van der Waals surface area (Å²) in [7, 11) is 1.21. The second-order valence-corrected chi connectivity index (χ2v) is 8.02. The van der Waals surface area contributed by atoms with E-state index in [1.54, 1.807) is 11.0 Å². The van der Waals surface area contributed by atoms with Crippen molar-refractivity contribution in [3.63, 3.8) is 0 Å². The van der Waals surface area contributed by atoms with Gasteiger partial charge in [0, 0.05) is 6.54 Å². The monoisotopic (exact) mass is 376 g/mol. The lowest BCUT2D eigenvalue weighted by Gasteiger charge is -2.38. The van der Waals surface area contributed by atoms with Crippen LogP contribution in [0.25, 0.3) is 0 Å². The molecule has 1 aliphatic carbocycles. The molecule has 1 N–H and O–H groups in total. The summed E-state index contributed by atoms with van der Waals surface area (Å²) in [5.41, 5.74) is 2.04. The molecule has 0 bridgehead atoms. The molecular weight excluding hydrogens is 356 g/mol. The fourth-order valence-corrected chi connectivity index (χ4v) is 4.50.